The van der Waals surface area contributed by atoms with Crippen LogP contribution in [0.25, 0.3) is 10.9 Å². The Bertz CT molecular complexity index is 920. The molecule has 0 saturated carbocycles. The van der Waals surface area contributed by atoms with E-state index in [0.29, 0.717) is 25.9 Å². The number of aliphatic hydroxyl groups is 1. The highest BCUT2D eigenvalue weighted by Crippen LogP contribution is 2.29. The number of fused-ring (bicyclic) bond motifs is 1. The van der Waals surface area contributed by atoms with Crippen LogP contribution in [0, 0.1) is 0 Å². The van der Waals surface area contributed by atoms with Gasteiger partial charge in [-0.1, -0.05) is 6.07 Å². The summed E-state index contributed by atoms with van der Waals surface area (Å²) >= 11 is 0. The van der Waals surface area contributed by atoms with Crippen molar-refractivity contribution in [1.29, 1.82) is 0 Å². The van der Waals surface area contributed by atoms with Crippen molar-refractivity contribution >= 4 is 20.9 Å². The number of benzene rings is 1. The van der Waals surface area contributed by atoms with Crippen LogP contribution in [0.5, 0.6) is 5.75 Å². The van der Waals surface area contributed by atoms with Crippen molar-refractivity contribution in [3.63, 3.8) is 0 Å². The molecule has 0 aliphatic carbocycles. The molecule has 2 aliphatic rings. The molecule has 0 spiro atoms. The van der Waals surface area contributed by atoms with Crippen molar-refractivity contribution in [3.05, 3.63) is 30.5 Å². The molecule has 8 heteroatoms. The quantitative estimate of drug-likeness (QED) is 0.789. The molecule has 3 heterocycles. The molecular formula is C20H29N3O4S. The van der Waals surface area contributed by atoms with Crippen LogP contribution in [0.2, 0.25) is 0 Å². The van der Waals surface area contributed by atoms with Gasteiger partial charge in [0.05, 0.1) is 11.9 Å². The van der Waals surface area contributed by atoms with Gasteiger partial charge in [-0.25, -0.2) is 8.42 Å². The van der Waals surface area contributed by atoms with Gasteiger partial charge in [-0.05, 0) is 43.9 Å². The predicted octanol–water partition coefficient (Wildman–Crippen LogP) is 1.80. The minimum atomic E-state index is -3.26. The monoisotopic (exact) mass is 407 g/mol. The van der Waals surface area contributed by atoms with Crippen molar-refractivity contribution in [2.75, 3.05) is 39.0 Å². The van der Waals surface area contributed by atoms with E-state index in [1.54, 1.807) is 0 Å². The first-order valence-electron chi connectivity index (χ1n) is 9.95. The Hall–Kier alpha value is -1.61. The lowest BCUT2D eigenvalue weighted by molar-refractivity contribution is -0.0437. The largest absolute Gasteiger partial charge is 0.490 e. The van der Waals surface area contributed by atoms with Crippen LogP contribution in [0.4, 0.5) is 0 Å². The Kier molecular flexibility index (Phi) is 5.39. The summed E-state index contributed by atoms with van der Waals surface area (Å²) in [6, 6.07) is 8.07. The van der Waals surface area contributed by atoms with Crippen molar-refractivity contribution in [2.45, 2.75) is 37.4 Å². The third kappa shape index (κ3) is 4.35. The van der Waals surface area contributed by atoms with Crippen LogP contribution in [0.3, 0.4) is 0 Å². The van der Waals surface area contributed by atoms with E-state index in [4.69, 9.17) is 4.74 Å². The Morgan fingerprint density at radius 1 is 1.25 bits per heavy atom. The summed E-state index contributed by atoms with van der Waals surface area (Å²) in [7, 11) is -3.26. The molecule has 1 atom stereocenters. The molecule has 28 heavy (non-hydrogen) atoms. The fourth-order valence-corrected chi connectivity index (χ4v) is 5.36. The molecule has 154 valence electrons. The normalized spacial score (nSPS) is 25.9. The smallest absolute Gasteiger partial charge is 0.211 e. The molecule has 2 saturated heterocycles. The van der Waals surface area contributed by atoms with E-state index < -0.39 is 15.6 Å². The molecule has 0 amide bonds. The third-order valence-corrected chi connectivity index (χ3v) is 7.14. The zero-order valence-electron chi connectivity index (χ0n) is 16.3. The topological polar surface area (TPSA) is 85.9 Å². The van der Waals surface area contributed by atoms with Crippen molar-refractivity contribution in [1.82, 2.24) is 14.2 Å². The van der Waals surface area contributed by atoms with E-state index in [1.165, 1.54) is 10.6 Å². The van der Waals surface area contributed by atoms with Crippen molar-refractivity contribution in [3.8, 4) is 5.75 Å². The summed E-state index contributed by atoms with van der Waals surface area (Å²) in [5.41, 5.74) is 0.107. The molecule has 4 rings (SSSR count). The van der Waals surface area contributed by atoms with Gasteiger partial charge in [-0.2, -0.15) is 4.31 Å². The Balaban J connectivity index is 1.32. The lowest BCUT2D eigenvalue weighted by atomic mass is 9.92. The molecule has 2 aromatic rings. The van der Waals surface area contributed by atoms with Gasteiger partial charge in [0, 0.05) is 49.8 Å². The van der Waals surface area contributed by atoms with Crippen LogP contribution in [0.1, 0.15) is 25.7 Å². The maximum Gasteiger partial charge on any atom is 0.211 e. The highest BCUT2D eigenvalue weighted by molar-refractivity contribution is 7.88. The lowest BCUT2D eigenvalue weighted by Crippen LogP contribution is -2.56. The highest BCUT2D eigenvalue weighted by Gasteiger charge is 2.38. The second-order valence-corrected chi connectivity index (χ2v) is 10.2. The van der Waals surface area contributed by atoms with E-state index in [0.717, 1.165) is 42.6 Å². The van der Waals surface area contributed by atoms with Gasteiger partial charge in [0.2, 0.25) is 10.0 Å². The van der Waals surface area contributed by atoms with E-state index in [9.17, 15) is 13.5 Å². The minimum absolute atomic E-state index is 0.158. The average molecular weight is 408 g/mol. The number of ether oxygens (including phenoxy) is 1. The molecule has 1 aromatic carbocycles. The van der Waals surface area contributed by atoms with Crippen LogP contribution in [-0.4, -0.2) is 78.4 Å². The van der Waals surface area contributed by atoms with Gasteiger partial charge in [-0.15, -0.1) is 0 Å². The predicted molar refractivity (Wildman–Crippen MR) is 109 cm³/mol. The summed E-state index contributed by atoms with van der Waals surface area (Å²) in [6.07, 6.45) is 6.43. The molecule has 0 bridgehead atoms. The first-order chi connectivity index (χ1) is 13.3. The number of hydrogen-bond donors (Lipinski definition) is 2. The molecule has 2 fully saturated rings. The number of aromatic amines is 1. The molecule has 7 nitrogen and oxygen atoms in total. The minimum Gasteiger partial charge on any atom is -0.490 e. The van der Waals surface area contributed by atoms with Crippen LogP contribution in [-0.2, 0) is 10.0 Å². The number of likely N-dealkylation sites (tertiary alicyclic amines) is 1. The second kappa shape index (κ2) is 7.67. The van der Waals surface area contributed by atoms with E-state index in [2.05, 4.69) is 9.88 Å². The molecule has 1 unspecified atom stereocenters. The number of nitrogens with zero attached hydrogens (tertiary/aromatic N) is 2. The van der Waals surface area contributed by atoms with Gasteiger partial charge >= 0.3 is 0 Å². The fourth-order valence-electron chi connectivity index (χ4n) is 4.42. The number of β-amino-alcohol motifs (C(OH)–C–C–N with tert-alkyl or cyclic N) is 1. The third-order valence-electron chi connectivity index (χ3n) is 5.89. The number of nitrogens with one attached hydrogen (secondary N) is 1. The first kappa shape index (κ1) is 19.7. The molecule has 2 aliphatic heterocycles. The van der Waals surface area contributed by atoms with E-state index in [-0.39, 0.29) is 12.6 Å². The van der Waals surface area contributed by atoms with Crippen molar-refractivity contribution < 1.29 is 18.3 Å². The Morgan fingerprint density at radius 2 is 2.04 bits per heavy atom. The SMILES string of the molecule is CS(=O)(=O)N1CCCC(O)(CN2CCC(Oc3cccc4[nH]ccc34)CC2)C1. The number of hydrogen-bond acceptors (Lipinski definition) is 5. The second-order valence-electron chi connectivity index (χ2n) is 8.21. The van der Waals surface area contributed by atoms with Gasteiger partial charge < -0.3 is 19.7 Å². The van der Waals surface area contributed by atoms with Crippen LogP contribution in [0.15, 0.2) is 30.5 Å². The van der Waals surface area contributed by atoms with Gasteiger partial charge in [0.15, 0.2) is 0 Å². The van der Waals surface area contributed by atoms with Crippen LogP contribution < -0.4 is 4.74 Å². The summed E-state index contributed by atoms with van der Waals surface area (Å²) < 4.78 is 31.3. The summed E-state index contributed by atoms with van der Waals surface area (Å²) in [6.45, 7) is 2.89. The summed E-state index contributed by atoms with van der Waals surface area (Å²) in [5, 5.41) is 12.1. The fraction of sp³-hybridized carbons (Fsp3) is 0.600. The molecular weight excluding hydrogens is 378 g/mol. The Labute approximate surface area is 166 Å². The van der Waals surface area contributed by atoms with Crippen molar-refractivity contribution in [2.24, 2.45) is 0 Å². The number of sulfonamides is 1. The molecule has 0 radical (unpaired) electrons. The average Bonchev–Trinajstić information content (AvgIpc) is 3.12. The first-order valence-corrected chi connectivity index (χ1v) is 11.8. The number of piperidine rings is 2. The number of aromatic nitrogens is 1. The van der Waals surface area contributed by atoms with Gasteiger partial charge in [-0.3, -0.25) is 0 Å². The Morgan fingerprint density at radius 3 is 2.79 bits per heavy atom. The van der Waals surface area contributed by atoms with E-state index in [1.807, 2.05) is 30.5 Å². The maximum absolute atomic E-state index is 11.8. The zero-order valence-corrected chi connectivity index (χ0v) is 17.1. The van der Waals surface area contributed by atoms with Crippen LogP contribution >= 0.6 is 0 Å². The summed E-state index contributed by atoms with van der Waals surface area (Å²) in [4.78, 5) is 5.44. The highest BCUT2D eigenvalue weighted by atomic mass is 32.2. The van der Waals surface area contributed by atoms with Gasteiger partial charge in [0.25, 0.3) is 0 Å². The standard InChI is InChI=1S/C20H29N3O4S/c1-28(25,26)23-11-3-9-20(24,15-23)14-22-12-7-16(8-13-22)27-19-5-2-4-18-17(19)6-10-21-18/h2,4-6,10,16,21,24H,3,7-9,11-15H2,1H3. The molecule has 2 N–H and O–H groups in total. The zero-order chi connectivity index (χ0) is 19.8. The lowest BCUT2D eigenvalue weighted by Gasteiger charge is -2.42. The van der Waals surface area contributed by atoms with E-state index >= 15 is 0 Å². The molecule has 1 aromatic heterocycles. The summed E-state index contributed by atoms with van der Waals surface area (Å²) in [5.74, 6) is 0.909. The maximum atomic E-state index is 11.8. The van der Waals surface area contributed by atoms with Gasteiger partial charge in [0.1, 0.15) is 11.9 Å². The number of rotatable bonds is 5. The number of H-pyrrole nitrogens is 1.